The molecular formula is C12H14N4O. The van der Waals surface area contributed by atoms with E-state index in [1.165, 1.54) is 10.2 Å². The van der Waals surface area contributed by atoms with Crippen LogP contribution >= 0.6 is 0 Å². The van der Waals surface area contributed by atoms with Gasteiger partial charge in [-0.2, -0.15) is 5.10 Å². The number of anilines is 1. The monoisotopic (exact) mass is 230 g/mol. The summed E-state index contributed by atoms with van der Waals surface area (Å²) in [6.45, 7) is 0.829. The predicted octanol–water partition coefficient (Wildman–Crippen LogP) is 0.980. The molecule has 0 aliphatic heterocycles. The van der Waals surface area contributed by atoms with Crippen LogP contribution in [0, 0.1) is 0 Å². The highest BCUT2D eigenvalue weighted by atomic mass is 16.1. The van der Waals surface area contributed by atoms with Crippen molar-refractivity contribution in [3.05, 3.63) is 48.3 Å². The SMILES string of the molecule is NC(=O)Cn1cc(NCc2ccccc2)cn1. The maximum absolute atomic E-state index is 10.7. The molecule has 1 heterocycles. The van der Waals surface area contributed by atoms with E-state index in [2.05, 4.69) is 10.4 Å². The van der Waals surface area contributed by atoms with Crippen LogP contribution in [0.1, 0.15) is 5.56 Å². The third-order valence-electron chi connectivity index (χ3n) is 2.29. The van der Waals surface area contributed by atoms with Gasteiger partial charge in [0.1, 0.15) is 6.54 Å². The maximum atomic E-state index is 10.7. The summed E-state index contributed by atoms with van der Waals surface area (Å²) >= 11 is 0. The summed E-state index contributed by atoms with van der Waals surface area (Å²) in [6.07, 6.45) is 3.43. The number of rotatable bonds is 5. The van der Waals surface area contributed by atoms with Gasteiger partial charge < -0.3 is 11.1 Å². The Kier molecular flexibility index (Phi) is 3.40. The van der Waals surface area contributed by atoms with Crippen molar-refractivity contribution >= 4 is 11.6 Å². The zero-order chi connectivity index (χ0) is 12.1. The van der Waals surface area contributed by atoms with Crippen molar-refractivity contribution in [1.29, 1.82) is 0 Å². The Balaban J connectivity index is 1.91. The molecule has 5 heteroatoms. The molecule has 2 aromatic rings. The molecule has 0 saturated heterocycles. The van der Waals surface area contributed by atoms with Crippen LogP contribution in [0.15, 0.2) is 42.7 Å². The third-order valence-corrected chi connectivity index (χ3v) is 2.29. The molecule has 2 rings (SSSR count). The minimum Gasteiger partial charge on any atom is -0.378 e. The van der Waals surface area contributed by atoms with Gasteiger partial charge in [-0.25, -0.2) is 0 Å². The van der Waals surface area contributed by atoms with Crippen molar-refractivity contribution < 1.29 is 4.79 Å². The lowest BCUT2D eigenvalue weighted by molar-refractivity contribution is -0.118. The summed E-state index contributed by atoms with van der Waals surface area (Å²) in [5.41, 5.74) is 7.14. The van der Waals surface area contributed by atoms with Gasteiger partial charge >= 0.3 is 0 Å². The van der Waals surface area contributed by atoms with Crippen LogP contribution in [0.3, 0.4) is 0 Å². The fraction of sp³-hybridized carbons (Fsp3) is 0.167. The van der Waals surface area contributed by atoms with Crippen molar-refractivity contribution in [2.24, 2.45) is 5.73 Å². The van der Waals surface area contributed by atoms with Gasteiger partial charge in [-0.15, -0.1) is 0 Å². The smallest absolute Gasteiger partial charge is 0.239 e. The fourth-order valence-corrected chi connectivity index (χ4v) is 1.50. The number of hydrogen-bond acceptors (Lipinski definition) is 3. The van der Waals surface area contributed by atoms with E-state index in [9.17, 15) is 4.79 Å². The molecule has 0 unspecified atom stereocenters. The van der Waals surface area contributed by atoms with Crippen molar-refractivity contribution in [1.82, 2.24) is 9.78 Å². The molecule has 88 valence electrons. The molecule has 0 fully saturated rings. The molecule has 0 spiro atoms. The van der Waals surface area contributed by atoms with Crippen molar-refractivity contribution in [2.45, 2.75) is 13.1 Å². The number of benzene rings is 1. The molecule has 0 aliphatic rings. The maximum Gasteiger partial charge on any atom is 0.239 e. The van der Waals surface area contributed by atoms with Crippen LogP contribution in [0.5, 0.6) is 0 Å². The molecule has 0 aliphatic carbocycles. The van der Waals surface area contributed by atoms with Crippen molar-refractivity contribution in [3.8, 4) is 0 Å². The predicted molar refractivity (Wildman–Crippen MR) is 65.2 cm³/mol. The molecule has 0 bridgehead atoms. The zero-order valence-electron chi connectivity index (χ0n) is 9.34. The lowest BCUT2D eigenvalue weighted by atomic mass is 10.2. The van der Waals surface area contributed by atoms with E-state index in [4.69, 9.17) is 5.73 Å². The highest BCUT2D eigenvalue weighted by Crippen LogP contribution is 2.07. The number of nitrogens with one attached hydrogen (secondary N) is 1. The van der Waals surface area contributed by atoms with Crippen LogP contribution in [-0.2, 0) is 17.9 Å². The molecule has 1 amide bonds. The van der Waals surface area contributed by atoms with E-state index < -0.39 is 5.91 Å². The topological polar surface area (TPSA) is 72.9 Å². The first-order valence-corrected chi connectivity index (χ1v) is 5.32. The van der Waals surface area contributed by atoms with E-state index in [1.807, 2.05) is 30.3 Å². The third kappa shape index (κ3) is 3.34. The second-order valence-electron chi connectivity index (χ2n) is 3.73. The van der Waals surface area contributed by atoms with Gasteiger partial charge in [0.05, 0.1) is 11.9 Å². The van der Waals surface area contributed by atoms with Crippen LogP contribution in [0.4, 0.5) is 5.69 Å². The van der Waals surface area contributed by atoms with Crippen LogP contribution < -0.4 is 11.1 Å². The molecule has 0 saturated carbocycles. The van der Waals surface area contributed by atoms with E-state index in [0.29, 0.717) is 0 Å². The number of nitrogens with zero attached hydrogens (tertiary/aromatic N) is 2. The molecule has 17 heavy (non-hydrogen) atoms. The van der Waals surface area contributed by atoms with Gasteiger partial charge in [-0.3, -0.25) is 9.48 Å². The minimum atomic E-state index is -0.400. The summed E-state index contributed by atoms with van der Waals surface area (Å²) in [5, 5.41) is 7.24. The number of amides is 1. The average molecular weight is 230 g/mol. The van der Waals surface area contributed by atoms with E-state index in [-0.39, 0.29) is 6.54 Å². The second-order valence-corrected chi connectivity index (χ2v) is 3.73. The molecule has 1 aromatic carbocycles. The number of nitrogens with two attached hydrogens (primary N) is 1. The van der Waals surface area contributed by atoms with Crippen LogP contribution in [0.2, 0.25) is 0 Å². The minimum absolute atomic E-state index is 0.104. The Hall–Kier alpha value is -2.30. The fourth-order valence-electron chi connectivity index (χ4n) is 1.50. The van der Waals surface area contributed by atoms with Crippen molar-refractivity contribution in [2.75, 3.05) is 5.32 Å². The van der Waals surface area contributed by atoms with E-state index in [1.54, 1.807) is 12.4 Å². The lowest BCUT2D eigenvalue weighted by Crippen LogP contribution is -2.18. The first kappa shape index (κ1) is 11.2. The van der Waals surface area contributed by atoms with E-state index in [0.717, 1.165) is 12.2 Å². The second kappa shape index (κ2) is 5.16. The summed E-state index contributed by atoms with van der Waals surface area (Å²) in [4.78, 5) is 10.7. The van der Waals surface area contributed by atoms with Gasteiger partial charge in [-0.1, -0.05) is 30.3 Å². The Morgan fingerprint density at radius 2 is 2.12 bits per heavy atom. The van der Waals surface area contributed by atoms with Gasteiger partial charge in [-0.05, 0) is 5.56 Å². The zero-order valence-corrected chi connectivity index (χ0v) is 9.34. The van der Waals surface area contributed by atoms with Gasteiger partial charge in [0.2, 0.25) is 5.91 Å². The standard InChI is InChI=1S/C12H14N4O/c13-12(17)9-16-8-11(7-15-16)14-6-10-4-2-1-3-5-10/h1-5,7-8,14H,6,9H2,(H2,13,17). The average Bonchev–Trinajstić information content (AvgIpc) is 2.75. The number of carbonyl (C=O) groups excluding carboxylic acids is 1. The van der Waals surface area contributed by atoms with Crippen LogP contribution in [-0.4, -0.2) is 15.7 Å². The summed E-state index contributed by atoms with van der Waals surface area (Å²) in [7, 11) is 0. The molecule has 1 aromatic heterocycles. The quantitative estimate of drug-likeness (QED) is 0.804. The molecular weight excluding hydrogens is 216 g/mol. The Morgan fingerprint density at radius 1 is 1.35 bits per heavy atom. The number of aromatic nitrogens is 2. The number of primary amides is 1. The van der Waals surface area contributed by atoms with Gasteiger partial charge in [0.25, 0.3) is 0 Å². The van der Waals surface area contributed by atoms with Crippen LogP contribution in [0.25, 0.3) is 0 Å². The van der Waals surface area contributed by atoms with Gasteiger partial charge in [0, 0.05) is 12.7 Å². The highest BCUT2D eigenvalue weighted by molar-refractivity contribution is 5.73. The Morgan fingerprint density at radius 3 is 2.82 bits per heavy atom. The normalized spacial score (nSPS) is 10.1. The largest absolute Gasteiger partial charge is 0.378 e. The lowest BCUT2D eigenvalue weighted by Gasteiger charge is -2.02. The first-order chi connectivity index (χ1) is 8.24. The number of carbonyl (C=O) groups is 1. The van der Waals surface area contributed by atoms with Gasteiger partial charge in [0.15, 0.2) is 0 Å². The van der Waals surface area contributed by atoms with Crippen molar-refractivity contribution in [3.63, 3.8) is 0 Å². The summed E-state index contributed by atoms with van der Waals surface area (Å²) < 4.78 is 1.51. The molecule has 0 radical (unpaired) electrons. The summed E-state index contributed by atoms with van der Waals surface area (Å²) in [6, 6.07) is 10.1. The highest BCUT2D eigenvalue weighted by Gasteiger charge is 2.00. The molecule has 0 atom stereocenters. The molecule has 3 N–H and O–H groups in total. The Bertz CT molecular complexity index is 492. The number of hydrogen-bond donors (Lipinski definition) is 2. The summed E-state index contributed by atoms with van der Waals surface area (Å²) in [5.74, 6) is -0.400. The van der Waals surface area contributed by atoms with E-state index >= 15 is 0 Å². The Labute approximate surface area is 99.2 Å². The molecule has 5 nitrogen and oxygen atoms in total. The first-order valence-electron chi connectivity index (χ1n) is 5.32.